The van der Waals surface area contributed by atoms with Crippen LogP contribution in [0.5, 0.6) is 0 Å². The van der Waals surface area contributed by atoms with Crippen molar-refractivity contribution in [2.75, 3.05) is 5.73 Å². The number of nitrogens with one attached hydrogen (secondary N) is 1. The topological polar surface area (TPSA) is 72.2 Å². The number of nitrogen functional groups attached to an aromatic ring is 1. The van der Waals surface area contributed by atoms with Crippen molar-refractivity contribution in [1.82, 2.24) is 4.72 Å². The first-order valence-corrected chi connectivity index (χ1v) is 9.21. The molecule has 0 amide bonds. The van der Waals surface area contributed by atoms with Gasteiger partial charge < -0.3 is 5.73 Å². The van der Waals surface area contributed by atoms with Crippen LogP contribution in [0.2, 0.25) is 0 Å². The Morgan fingerprint density at radius 1 is 1.19 bits per heavy atom. The first-order chi connectivity index (χ1) is 9.83. The number of rotatable bonds is 4. The van der Waals surface area contributed by atoms with E-state index in [1.807, 2.05) is 13.8 Å². The van der Waals surface area contributed by atoms with Gasteiger partial charge in [-0.2, -0.15) is 0 Å². The number of anilines is 1. The Morgan fingerprint density at radius 3 is 2.38 bits per heavy atom. The van der Waals surface area contributed by atoms with E-state index in [1.54, 1.807) is 12.1 Å². The highest BCUT2D eigenvalue weighted by Crippen LogP contribution is 2.28. The maximum absolute atomic E-state index is 12.6. The number of sulfonamides is 1. The van der Waals surface area contributed by atoms with Gasteiger partial charge in [-0.25, -0.2) is 13.1 Å². The Morgan fingerprint density at radius 2 is 1.81 bits per heavy atom. The highest BCUT2D eigenvalue weighted by atomic mass is 32.2. The number of nitrogens with two attached hydrogens (primary N) is 1. The minimum Gasteiger partial charge on any atom is -0.399 e. The second-order valence-electron chi connectivity index (χ2n) is 6.21. The van der Waals surface area contributed by atoms with E-state index in [9.17, 15) is 8.42 Å². The van der Waals surface area contributed by atoms with Gasteiger partial charge in [0.25, 0.3) is 0 Å². The molecule has 2 rings (SSSR count). The van der Waals surface area contributed by atoms with Crippen LogP contribution in [-0.4, -0.2) is 14.5 Å². The van der Waals surface area contributed by atoms with Crippen molar-refractivity contribution in [1.29, 1.82) is 0 Å². The van der Waals surface area contributed by atoms with E-state index in [4.69, 9.17) is 5.73 Å². The molecule has 1 aliphatic carbocycles. The number of benzene rings is 1. The lowest BCUT2D eigenvalue weighted by Crippen LogP contribution is -2.37. The molecule has 21 heavy (non-hydrogen) atoms. The smallest absolute Gasteiger partial charge is 0.241 e. The van der Waals surface area contributed by atoms with Crippen LogP contribution in [0.1, 0.15) is 50.2 Å². The summed E-state index contributed by atoms with van der Waals surface area (Å²) < 4.78 is 28.1. The van der Waals surface area contributed by atoms with Crippen LogP contribution >= 0.6 is 0 Å². The van der Waals surface area contributed by atoms with Gasteiger partial charge in [0.15, 0.2) is 0 Å². The molecule has 0 saturated heterocycles. The summed E-state index contributed by atoms with van der Waals surface area (Å²) in [6.45, 7) is 5.92. The molecule has 1 aliphatic rings. The van der Waals surface area contributed by atoms with Crippen LogP contribution in [-0.2, 0) is 10.0 Å². The van der Waals surface area contributed by atoms with Crippen molar-refractivity contribution in [2.45, 2.75) is 63.8 Å². The highest BCUT2D eigenvalue weighted by molar-refractivity contribution is 7.89. The molecule has 118 valence electrons. The first-order valence-electron chi connectivity index (χ1n) is 7.72. The fourth-order valence-corrected chi connectivity index (χ4v) is 4.76. The molecule has 0 bridgehead atoms. The summed E-state index contributed by atoms with van der Waals surface area (Å²) >= 11 is 0. The molecule has 0 heterocycles. The summed E-state index contributed by atoms with van der Waals surface area (Å²) in [7, 11) is -3.49. The van der Waals surface area contributed by atoms with Gasteiger partial charge in [-0.3, -0.25) is 0 Å². The van der Waals surface area contributed by atoms with Gasteiger partial charge in [0.05, 0.1) is 4.90 Å². The summed E-state index contributed by atoms with van der Waals surface area (Å²) in [5, 5.41) is 0. The monoisotopic (exact) mass is 310 g/mol. The molecule has 0 radical (unpaired) electrons. The molecule has 0 atom stereocenters. The molecule has 1 aromatic rings. The van der Waals surface area contributed by atoms with Crippen molar-refractivity contribution >= 4 is 15.7 Å². The zero-order valence-electron chi connectivity index (χ0n) is 13.1. The molecule has 1 aromatic carbocycles. The predicted molar refractivity (Wildman–Crippen MR) is 86.7 cm³/mol. The predicted octanol–water partition coefficient (Wildman–Crippen LogP) is 3.13. The average Bonchev–Trinajstić information content (AvgIpc) is 2.43. The lowest BCUT2D eigenvalue weighted by atomic mass is 9.85. The van der Waals surface area contributed by atoms with Crippen molar-refractivity contribution in [3.05, 3.63) is 23.3 Å². The SMILES string of the molecule is CCC1CCC(NS(=O)(=O)c2cc(N)cc(C)c2C)CC1. The van der Waals surface area contributed by atoms with Crippen LogP contribution in [0.3, 0.4) is 0 Å². The Balaban J connectivity index is 2.16. The van der Waals surface area contributed by atoms with Crippen LogP contribution in [0.4, 0.5) is 5.69 Å². The summed E-state index contributed by atoms with van der Waals surface area (Å²) in [4.78, 5) is 0.317. The molecule has 3 N–H and O–H groups in total. The van der Waals surface area contributed by atoms with E-state index >= 15 is 0 Å². The largest absolute Gasteiger partial charge is 0.399 e. The normalized spacial score (nSPS) is 23.2. The summed E-state index contributed by atoms with van der Waals surface area (Å²) in [6.07, 6.45) is 5.26. The first kappa shape index (κ1) is 16.3. The molecule has 5 heteroatoms. The van der Waals surface area contributed by atoms with E-state index in [1.165, 1.54) is 6.42 Å². The lowest BCUT2D eigenvalue weighted by Gasteiger charge is -2.28. The minimum atomic E-state index is -3.49. The van der Waals surface area contributed by atoms with Gasteiger partial charge in [0.2, 0.25) is 10.0 Å². The quantitative estimate of drug-likeness (QED) is 0.839. The van der Waals surface area contributed by atoms with Gasteiger partial charge >= 0.3 is 0 Å². The van der Waals surface area contributed by atoms with Gasteiger partial charge in [0, 0.05) is 11.7 Å². The molecule has 1 fully saturated rings. The zero-order chi connectivity index (χ0) is 15.6. The summed E-state index contributed by atoms with van der Waals surface area (Å²) in [5.74, 6) is 0.752. The molecule has 0 aliphatic heterocycles. The number of aryl methyl sites for hydroxylation is 1. The third-order valence-corrected chi connectivity index (χ3v) is 6.32. The molecular formula is C16H26N2O2S. The summed E-state index contributed by atoms with van der Waals surface area (Å²) in [5.41, 5.74) is 7.98. The van der Waals surface area contributed by atoms with Crippen molar-refractivity contribution in [3.63, 3.8) is 0 Å². The molecule has 0 spiro atoms. The summed E-state index contributed by atoms with van der Waals surface area (Å²) in [6, 6.07) is 3.42. The van der Waals surface area contributed by atoms with E-state index in [-0.39, 0.29) is 6.04 Å². The van der Waals surface area contributed by atoms with E-state index in [0.29, 0.717) is 10.6 Å². The van der Waals surface area contributed by atoms with Crippen LogP contribution in [0.25, 0.3) is 0 Å². The third kappa shape index (κ3) is 3.77. The maximum Gasteiger partial charge on any atom is 0.241 e. The van der Waals surface area contributed by atoms with Crippen LogP contribution in [0, 0.1) is 19.8 Å². The van der Waals surface area contributed by atoms with Gasteiger partial charge in [-0.15, -0.1) is 0 Å². The lowest BCUT2D eigenvalue weighted by molar-refractivity contribution is 0.306. The van der Waals surface area contributed by atoms with Crippen molar-refractivity contribution in [2.24, 2.45) is 5.92 Å². The van der Waals surface area contributed by atoms with Crippen molar-refractivity contribution < 1.29 is 8.42 Å². The molecule has 1 saturated carbocycles. The minimum absolute atomic E-state index is 0.0546. The second-order valence-corrected chi connectivity index (χ2v) is 7.89. The van der Waals surface area contributed by atoms with Crippen LogP contribution < -0.4 is 10.5 Å². The molecular weight excluding hydrogens is 284 g/mol. The fourth-order valence-electron chi connectivity index (χ4n) is 3.10. The Kier molecular flexibility index (Phi) is 4.94. The van der Waals surface area contributed by atoms with Gasteiger partial charge in [-0.1, -0.05) is 13.3 Å². The van der Waals surface area contributed by atoms with E-state index in [0.717, 1.165) is 42.7 Å². The molecule has 0 unspecified atom stereocenters. The van der Waals surface area contributed by atoms with Crippen molar-refractivity contribution in [3.8, 4) is 0 Å². The number of hydrogen-bond donors (Lipinski definition) is 2. The fraction of sp³-hybridized carbons (Fsp3) is 0.625. The standard InChI is InChI=1S/C16H26N2O2S/c1-4-13-5-7-15(8-6-13)18-21(19,20)16-10-14(17)9-11(2)12(16)3/h9-10,13,15,18H,4-8,17H2,1-3H3. The zero-order valence-corrected chi connectivity index (χ0v) is 14.0. The van der Waals surface area contributed by atoms with E-state index in [2.05, 4.69) is 11.6 Å². The second kappa shape index (κ2) is 6.36. The average molecular weight is 310 g/mol. The molecule has 0 aromatic heterocycles. The molecule has 4 nitrogen and oxygen atoms in total. The Bertz CT molecular complexity index is 603. The maximum atomic E-state index is 12.6. The van der Waals surface area contributed by atoms with Gasteiger partial charge in [0.1, 0.15) is 0 Å². The van der Waals surface area contributed by atoms with Gasteiger partial charge in [-0.05, 0) is 68.7 Å². The number of hydrogen-bond acceptors (Lipinski definition) is 3. The van der Waals surface area contributed by atoms with E-state index < -0.39 is 10.0 Å². The van der Waals surface area contributed by atoms with Crippen LogP contribution in [0.15, 0.2) is 17.0 Å². The Hall–Kier alpha value is -1.07. The Labute approximate surface area is 128 Å². The third-order valence-electron chi connectivity index (χ3n) is 4.68. The highest BCUT2D eigenvalue weighted by Gasteiger charge is 2.26.